The van der Waals surface area contributed by atoms with Crippen molar-refractivity contribution in [2.24, 2.45) is 0 Å². The Bertz CT molecular complexity index is 949. The minimum Gasteiger partial charge on any atom is -0.434 e. The first-order valence-corrected chi connectivity index (χ1v) is 8.55. The summed E-state index contributed by atoms with van der Waals surface area (Å²) in [7, 11) is 1.36. The second kappa shape index (κ2) is 7.43. The Balaban J connectivity index is 1.77. The average molecular weight is 439 g/mol. The van der Waals surface area contributed by atoms with E-state index in [4.69, 9.17) is 0 Å². The van der Waals surface area contributed by atoms with Crippen molar-refractivity contribution < 1.29 is 27.9 Å². The highest BCUT2D eigenvalue weighted by atomic mass is 79.9. The van der Waals surface area contributed by atoms with Gasteiger partial charge in [0.25, 0.3) is 17.7 Å². The third kappa shape index (κ3) is 3.82. The van der Waals surface area contributed by atoms with E-state index in [1.54, 1.807) is 12.1 Å². The standard InChI is InChI=1S/C18H13BrF2N2O4/c1-23-16(25)12-4-2-9(7-13(12)17(23)26)15(24)22-8-10-6-11(19)3-5-14(10)27-18(20)21/h2-7,18H,8H2,1H3,(H,22,24). The second-order valence-corrected chi connectivity index (χ2v) is 6.66. The van der Waals surface area contributed by atoms with Gasteiger partial charge in [0, 0.05) is 29.2 Å². The predicted molar refractivity (Wildman–Crippen MR) is 94.8 cm³/mol. The number of carbonyl (C=O) groups excluding carboxylic acids is 3. The van der Waals surface area contributed by atoms with Gasteiger partial charge in [0.05, 0.1) is 11.1 Å². The Kier molecular flexibility index (Phi) is 5.22. The van der Waals surface area contributed by atoms with Gasteiger partial charge < -0.3 is 10.1 Å². The van der Waals surface area contributed by atoms with E-state index in [1.807, 2.05) is 0 Å². The molecule has 9 heteroatoms. The fourth-order valence-electron chi connectivity index (χ4n) is 2.68. The van der Waals surface area contributed by atoms with Crippen LogP contribution in [-0.2, 0) is 6.54 Å². The van der Waals surface area contributed by atoms with Crippen LogP contribution < -0.4 is 10.1 Å². The number of hydrogen-bond acceptors (Lipinski definition) is 4. The largest absolute Gasteiger partial charge is 0.434 e. The molecular weight excluding hydrogens is 426 g/mol. The molecule has 1 N–H and O–H groups in total. The molecule has 0 bridgehead atoms. The van der Waals surface area contributed by atoms with E-state index < -0.39 is 24.3 Å². The van der Waals surface area contributed by atoms with Crippen molar-refractivity contribution >= 4 is 33.7 Å². The van der Waals surface area contributed by atoms with Gasteiger partial charge in [-0.15, -0.1) is 0 Å². The maximum atomic E-state index is 12.5. The third-order valence-electron chi connectivity index (χ3n) is 4.03. The molecule has 0 radical (unpaired) electrons. The molecule has 0 saturated carbocycles. The van der Waals surface area contributed by atoms with Gasteiger partial charge in [0.15, 0.2) is 0 Å². The molecule has 1 aliphatic rings. The summed E-state index contributed by atoms with van der Waals surface area (Å²) < 4.78 is 30.1. The minimum atomic E-state index is -2.99. The van der Waals surface area contributed by atoms with Gasteiger partial charge in [0.2, 0.25) is 0 Å². The Morgan fingerprint density at radius 2 is 1.85 bits per heavy atom. The molecule has 0 aromatic heterocycles. The number of amides is 3. The van der Waals surface area contributed by atoms with Gasteiger partial charge in [-0.1, -0.05) is 15.9 Å². The first kappa shape index (κ1) is 19.0. The zero-order chi connectivity index (χ0) is 19.7. The molecule has 3 amide bonds. The van der Waals surface area contributed by atoms with E-state index in [0.717, 1.165) is 4.90 Å². The molecule has 1 aliphatic heterocycles. The van der Waals surface area contributed by atoms with E-state index in [1.165, 1.54) is 31.3 Å². The molecule has 140 valence electrons. The molecule has 27 heavy (non-hydrogen) atoms. The summed E-state index contributed by atoms with van der Waals surface area (Å²) >= 11 is 3.24. The number of hydrogen-bond donors (Lipinski definition) is 1. The highest BCUT2D eigenvalue weighted by Crippen LogP contribution is 2.25. The van der Waals surface area contributed by atoms with Gasteiger partial charge in [-0.3, -0.25) is 19.3 Å². The number of nitrogens with one attached hydrogen (secondary N) is 1. The van der Waals surface area contributed by atoms with Gasteiger partial charge in [-0.2, -0.15) is 8.78 Å². The van der Waals surface area contributed by atoms with Crippen LogP contribution in [0.2, 0.25) is 0 Å². The first-order chi connectivity index (χ1) is 12.8. The number of halogens is 3. The lowest BCUT2D eigenvalue weighted by Crippen LogP contribution is -2.24. The third-order valence-corrected chi connectivity index (χ3v) is 4.52. The molecule has 3 rings (SSSR count). The first-order valence-electron chi connectivity index (χ1n) is 7.76. The molecule has 0 atom stereocenters. The van der Waals surface area contributed by atoms with Crippen LogP contribution in [0.25, 0.3) is 0 Å². The fraction of sp³-hybridized carbons (Fsp3) is 0.167. The van der Waals surface area contributed by atoms with Crippen LogP contribution in [0.5, 0.6) is 5.75 Å². The molecule has 0 spiro atoms. The highest BCUT2D eigenvalue weighted by Gasteiger charge is 2.33. The van der Waals surface area contributed by atoms with Gasteiger partial charge in [-0.25, -0.2) is 0 Å². The normalized spacial score (nSPS) is 13.1. The molecule has 6 nitrogen and oxygen atoms in total. The molecule has 0 saturated heterocycles. The lowest BCUT2D eigenvalue weighted by molar-refractivity contribution is -0.0504. The number of imide groups is 1. The van der Waals surface area contributed by atoms with Crippen molar-refractivity contribution in [3.63, 3.8) is 0 Å². The zero-order valence-corrected chi connectivity index (χ0v) is 15.5. The number of rotatable bonds is 5. The molecule has 1 heterocycles. The Morgan fingerprint density at radius 3 is 2.56 bits per heavy atom. The Morgan fingerprint density at radius 1 is 1.15 bits per heavy atom. The van der Waals surface area contributed by atoms with E-state index in [0.29, 0.717) is 10.0 Å². The molecule has 0 fully saturated rings. The smallest absolute Gasteiger partial charge is 0.387 e. The lowest BCUT2D eigenvalue weighted by Gasteiger charge is -2.12. The van der Waals surface area contributed by atoms with Crippen LogP contribution in [0.15, 0.2) is 40.9 Å². The van der Waals surface area contributed by atoms with Crippen molar-refractivity contribution in [3.8, 4) is 5.75 Å². The molecule has 2 aromatic rings. The van der Waals surface area contributed by atoms with E-state index in [-0.39, 0.29) is 29.0 Å². The van der Waals surface area contributed by atoms with Crippen LogP contribution in [0, 0.1) is 0 Å². The van der Waals surface area contributed by atoms with Crippen LogP contribution in [0.4, 0.5) is 8.78 Å². The van der Waals surface area contributed by atoms with Crippen molar-refractivity contribution in [2.45, 2.75) is 13.2 Å². The van der Waals surface area contributed by atoms with E-state index >= 15 is 0 Å². The summed E-state index contributed by atoms with van der Waals surface area (Å²) in [5, 5.41) is 2.59. The Hall–Kier alpha value is -2.81. The van der Waals surface area contributed by atoms with Crippen LogP contribution in [0.1, 0.15) is 36.6 Å². The van der Waals surface area contributed by atoms with Crippen molar-refractivity contribution in [3.05, 3.63) is 63.1 Å². The summed E-state index contributed by atoms with van der Waals surface area (Å²) in [5.74, 6) is -1.48. The molecular formula is C18H13BrF2N2O4. The van der Waals surface area contributed by atoms with Crippen molar-refractivity contribution in [2.75, 3.05) is 7.05 Å². The monoisotopic (exact) mass is 438 g/mol. The predicted octanol–water partition coefficient (Wildman–Crippen LogP) is 3.21. The summed E-state index contributed by atoms with van der Waals surface area (Å²) in [4.78, 5) is 37.3. The van der Waals surface area contributed by atoms with Crippen LogP contribution >= 0.6 is 15.9 Å². The maximum Gasteiger partial charge on any atom is 0.387 e. The average Bonchev–Trinajstić information content (AvgIpc) is 2.85. The van der Waals surface area contributed by atoms with E-state index in [2.05, 4.69) is 26.0 Å². The SMILES string of the molecule is CN1C(=O)c2ccc(C(=O)NCc3cc(Br)ccc3OC(F)F)cc2C1=O. The van der Waals surface area contributed by atoms with Gasteiger partial charge in [-0.05, 0) is 36.4 Å². The fourth-order valence-corrected chi connectivity index (χ4v) is 3.09. The maximum absolute atomic E-state index is 12.5. The molecule has 0 aliphatic carbocycles. The number of benzene rings is 2. The second-order valence-electron chi connectivity index (χ2n) is 5.74. The van der Waals surface area contributed by atoms with Gasteiger partial charge >= 0.3 is 6.61 Å². The number of ether oxygens (including phenoxy) is 1. The Labute approximate surface area is 161 Å². The number of fused-ring (bicyclic) bond motifs is 1. The molecule has 2 aromatic carbocycles. The van der Waals surface area contributed by atoms with E-state index in [9.17, 15) is 23.2 Å². The zero-order valence-electron chi connectivity index (χ0n) is 14.0. The number of alkyl halides is 2. The lowest BCUT2D eigenvalue weighted by atomic mass is 10.1. The summed E-state index contributed by atoms with van der Waals surface area (Å²) in [6.07, 6.45) is 0. The van der Waals surface area contributed by atoms with Gasteiger partial charge in [0.1, 0.15) is 5.75 Å². The van der Waals surface area contributed by atoms with Crippen molar-refractivity contribution in [1.29, 1.82) is 0 Å². The van der Waals surface area contributed by atoms with Crippen molar-refractivity contribution in [1.82, 2.24) is 10.2 Å². The highest BCUT2D eigenvalue weighted by molar-refractivity contribution is 9.10. The molecule has 0 unspecified atom stereocenters. The minimum absolute atomic E-state index is 0.0511. The van der Waals surface area contributed by atoms with Crippen LogP contribution in [-0.4, -0.2) is 36.3 Å². The summed E-state index contributed by atoms with van der Waals surface area (Å²) in [5.41, 5.74) is 0.916. The summed E-state index contributed by atoms with van der Waals surface area (Å²) in [6, 6.07) is 8.65. The number of nitrogens with zero attached hydrogens (tertiary/aromatic N) is 1. The number of carbonyl (C=O) groups is 3. The van der Waals surface area contributed by atoms with Crippen LogP contribution in [0.3, 0.4) is 0 Å². The topological polar surface area (TPSA) is 75.7 Å². The summed E-state index contributed by atoms with van der Waals surface area (Å²) in [6.45, 7) is -3.05. The quantitative estimate of drug-likeness (QED) is 0.727.